The van der Waals surface area contributed by atoms with Crippen LogP contribution in [0, 0.1) is 0 Å². The van der Waals surface area contributed by atoms with Gasteiger partial charge in [-0.1, -0.05) is 38.1 Å². The van der Waals surface area contributed by atoms with Crippen molar-refractivity contribution in [3.8, 4) is 0 Å². The van der Waals surface area contributed by atoms with Crippen LogP contribution in [0.25, 0.3) is 0 Å². The van der Waals surface area contributed by atoms with Gasteiger partial charge in [-0.05, 0) is 39.4 Å². The molecule has 0 bridgehead atoms. The van der Waals surface area contributed by atoms with Crippen molar-refractivity contribution in [2.45, 2.75) is 25.8 Å². The van der Waals surface area contributed by atoms with Crippen LogP contribution < -0.4 is 5.73 Å². The molecule has 16 heavy (non-hydrogen) atoms. The van der Waals surface area contributed by atoms with Crippen LogP contribution in [0.4, 0.5) is 0 Å². The van der Waals surface area contributed by atoms with Gasteiger partial charge < -0.3 is 5.73 Å². The second kappa shape index (κ2) is 4.81. The number of nitrogens with two attached hydrogens (primary N) is 1. The van der Waals surface area contributed by atoms with E-state index in [1.807, 2.05) is 0 Å². The summed E-state index contributed by atoms with van der Waals surface area (Å²) in [5.41, 5.74) is 9.99. The van der Waals surface area contributed by atoms with Crippen LogP contribution in [0.5, 0.6) is 0 Å². The molecule has 1 atom stereocenters. The Labute approximate surface area is 101 Å². The summed E-state index contributed by atoms with van der Waals surface area (Å²) in [6.45, 7) is 4.41. The summed E-state index contributed by atoms with van der Waals surface area (Å²) < 4.78 is 0. The van der Waals surface area contributed by atoms with Gasteiger partial charge in [0.1, 0.15) is 0 Å². The summed E-state index contributed by atoms with van der Waals surface area (Å²) in [7, 11) is 0. The average Bonchev–Trinajstić information content (AvgIpc) is 2.81. The molecular formula is C14H17NS. The predicted molar refractivity (Wildman–Crippen MR) is 70.9 cm³/mol. The van der Waals surface area contributed by atoms with E-state index in [4.69, 9.17) is 5.73 Å². The smallest absolute Gasteiger partial charge is 0.0559 e. The summed E-state index contributed by atoms with van der Waals surface area (Å²) >= 11 is 1.69. The largest absolute Gasteiger partial charge is 0.320 e. The second-order valence-electron chi connectivity index (χ2n) is 4.36. The minimum Gasteiger partial charge on any atom is -0.320 e. The van der Waals surface area contributed by atoms with Gasteiger partial charge in [0, 0.05) is 0 Å². The van der Waals surface area contributed by atoms with E-state index in [0.29, 0.717) is 5.92 Å². The first-order valence-corrected chi connectivity index (χ1v) is 6.50. The van der Waals surface area contributed by atoms with Crippen molar-refractivity contribution in [1.82, 2.24) is 0 Å². The molecule has 0 fully saturated rings. The minimum atomic E-state index is 0.00458. The lowest BCUT2D eigenvalue weighted by Crippen LogP contribution is -2.11. The van der Waals surface area contributed by atoms with Gasteiger partial charge in [-0.25, -0.2) is 0 Å². The fraction of sp³-hybridized carbons (Fsp3) is 0.286. The highest BCUT2D eigenvalue weighted by atomic mass is 32.1. The minimum absolute atomic E-state index is 0.00458. The Kier molecular flexibility index (Phi) is 3.42. The number of thiophene rings is 1. The normalized spacial score (nSPS) is 13.0. The lowest BCUT2D eigenvalue weighted by atomic mass is 9.96. The van der Waals surface area contributed by atoms with Crippen molar-refractivity contribution in [3.05, 3.63) is 57.8 Å². The third kappa shape index (κ3) is 2.34. The van der Waals surface area contributed by atoms with Gasteiger partial charge in [0.25, 0.3) is 0 Å². The molecule has 2 heteroatoms. The molecule has 2 rings (SSSR count). The number of benzene rings is 1. The lowest BCUT2D eigenvalue weighted by molar-refractivity contribution is 0.839. The van der Waals surface area contributed by atoms with Crippen molar-refractivity contribution in [2.75, 3.05) is 0 Å². The summed E-state index contributed by atoms with van der Waals surface area (Å²) in [4.78, 5) is 0. The zero-order chi connectivity index (χ0) is 11.5. The van der Waals surface area contributed by atoms with E-state index >= 15 is 0 Å². The van der Waals surface area contributed by atoms with Gasteiger partial charge in [0.15, 0.2) is 0 Å². The molecule has 1 aromatic carbocycles. The van der Waals surface area contributed by atoms with E-state index in [-0.39, 0.29) is 6.04 Å². The molecule has 2 aromatic rings. The molecule has 0 saturated carbocycles. The van der Waals surface area contributed by atoms with Crippen molar-refractivity contribution < 1.29 is 0 Å². The number of rotatable bonds is 3. The Morgan fingerprint density at radius 2 is 1.81 bits per heavy atom. The molecule has 0 unspecified atom stereocenters. The lowest BCUT2D eigenvalue weighted by Gasteiger charge is -2.13. The number of hydrogen-bond donors (Lipinski definition) is 1. The Hall–Kier alpha value is -1.12. The second-order valence-corrected chi connectivity index (χ2v) is 5.14. The molecule has 0 spiro atoms. The van der Waals surface area contributed by atoms with E-state index in [0.717, 1.165) is 0 Å². The zero-order valence-corrected chi connectivity index (χ0v) is 10.5. The fourth-order valence-corrected chi connectivity index (χ4v) is 2.45. The highest BCUT2D eigenvalue weighted by molar-refractivity contribution is 7.08. The first-order valence-electron chi connectivity index (χ1n) is 5.56. The maximum atomic E-state index is 6.24. The van der Waals surface area contributed by atoms with E-state index in [1.165, 1.54) is 16.7 Å². The van der Waals surface area contributed by atoms with E-state index in [9.17, 15) is 0 Å². The molecule has 1 nitrogen and oxygen atoms in total. The van der Waals surface area contributed by atoms with Crippen molar-refractivity contribution in [1.29, 1.82) is 0 Å². The van der Waals surface area contributed by atoms with Crippen LogP contribution >= 0.6 is 11.3 Å². The molecule has 0 saturated heterocycles. The van der Waals surface area contributed by atoms with Crippen LogP contribution in [0.2, 0.25) is 0 Å². The number of hydrogen-bond acceptors (Lipinski definition) is 2. The van der Waals surface area contributed by atoms with Crippen molar-refractivity contribution in [2.24, 2.45) is 5.73 Å². The van der Waals surface area contributed by atoms with Crippen LogP contribution in [-0.2, 0) is 0 Å². The maximum Gasteiger partial charge on any atom is 0.0559 e. The van der Waals surface area contributed by atoms with Crippen molar-refractivity contribution in [3.63, 3.8) is 0 Å². The Morgan fingerprint density at radius 1 is 1.06 bits per heavy atom. The van der Waals surface area contributed by atoms with Crippen LogP contribution in [-0.4, -0.2) is 0 Å². The Morgan fingerprint density at radius 3 is 2.44 bits per heavy atom. The van der Waals surface area contributed by atoms with E-state index in [1.54, 1.807) is 11.3 Å². The molecule has 84 valence electrons. The first kappa shape index (κ1) is 11.4. The maximum absolute atomic E-state index is 6.24. The van der Waals surface area contributed by atoms with Gasteiger partial charge in [0.2, 0.25) is 0 Å². The molecular weight excluding hydrogens is 214 g/mol. The zero-order valence-electron chi connectivity index (χ0n) is 9.68. The molecule has 0 amide bonds. The fourth-order valence-electron chi connectivity index (χ4n) is 1.76. The molecule has 1 aromatic heterocycles. The highest BCUT2D eigenvalue weighted by Gasteiger charge is 2.10. The molecule has 2 N–H and O–H groups in total. The molecule has 0 aliphatic heterocycles. The van der Waals surface area contributed by atoms with E-state index < -0.39 is 0 Å². The molecule has 0 radical (unpaired) electrons. The summed E-state index contributed by atoms with van der Waals surface area (Å²) in [5, 5.41) is 4.19. The summed E-state index contributed by atoms with van der Waals surface area (Å²) in [6.07, 6.45) is 0. The molecule has 0 aliphatic carbocycles. The van der Waals surface area contributed by atoms with E-state index in [2.05, 4.69) is 54.9 Å². The van der Waals surface area contributed by atoms with Gasteiger partial charge in [0.05, 0.1) is 6.04 Å². The predicted octanol–water partition coefficient (Wildman–Crippen LogP) is 3.92. The summed E-state index contributed by atoms with van der Waals surface area (Å²) in [5.74, 6) is 0.551. The molecule has 1 heterocycles. The van der Waals surface area contributed by atoms with Gasteiger partial charge in [-0.15, -0.1) is 0 Å². The SMILES string of the molecule is CC(C)c1cccc([C@H](N)c2ccsc2)c1. The standard InChI is InChI=1S/C14H17NS/c1-10(2)11-4-3-5-12(8-11)14(15)13-6-7-16-9-13/h3-10,14H,15H2,1-2H3/t14-/m0/s1. The topological polar surface area (TPSA) is 26.0 Å². The van der Waals surface area contributed by atoms with Crippen molar-refractivity contribution >= 4 is 11.3 Å². The van der Waals surface area contributed by atoms with Gasteiger partial charge in [-0.2, -0.15) is 11.3 Å². The summed E-state index contributed by atoms with van der Waals surface area (Å²) in [6, 6.07) is 10.7. The quantitative estimate of drug-likeness (QED) is 0.851. The third-order valence-corrected chi connectivity index (χ3v) is 3.54. The first-order chi connectivity index (χ1) is 7.68. The third-order valence-electron chi connectivity index (χ3n) is 2.84. The van der Waals surface area contributed by atoms with Gasteiger partial charge in [-0.3, -0.25) is 0 Å². The Balaban J connectivity index is 2.30. The monoisotopic (exact) mass is 231 g/mol. The van der Waals surface area contributed by atoms with Crippen LogP contribution in [0.1, 0.15) is 42.5 Å². The van der Waals surface area contributed by atoms with Crippen LogP contribution in [0.3, 0.4) is 0 Å². The van der Waals surface area contributed by atoms with Gasteiger partial charge >= 0.3 is 0 Å². The van der Waals surface area contributed by atoms with Crippen LogP contribution in [0.15, 0.2) is 41.1 Å². The molecule has 0 aliphatic rings. The Bertz CT molecular complexity index is 446. The average molecular weight is 231 g/mol. The highest BCUT2D eigenvalue weighted by Crippen LogP contribution is 2.24.